The van der Waals surface area contributed by atoms with Crippen molar-refractivity contribution in [3.63, 3.8) is 0 Å². The molecule has 0 spiro atoms. The van der Waals surface area contributed by atoms with Gasteiger partial charge in [0.2, 0.25) is 0 Å². The van der Waals surface area contributed by atoms with Gasteiger partial charge in [-0.2, -0.15) is 0 Å². The van der Waals surface area contributed by atoms with Crippen molar-refractivity contribution >= 4 is 23.2 Å². The van der Waals surface area contributed by atoms with Crippen LogP contribution in [0.3, 0.4) is 0 Å². The van der Waals surface area contributed by atoms with Gasteiger partial charge in [-0.15, -0.1) is 11.6 Å². The van der Waals surface area contributed by atoms with Crippen molar-refractivity contribution < 1.29 is 4.74 Å². The molecule has 0 aliphatic heterocycles. The minimum absolute atomic E-state index is 0.252. The maximum atomic E-state index is 5.93. The van der Waals surface area contributed by atoms with Crippen molar-refractivity contribution in [3.8, 4) is 11.8 Å². The number of halogens is 2. The Kier molecular flexibility index (Phi) is 3.59. The van der Waals surface area contributed by atoms with E-state index in [0.29, 0.717) is 16.7 Å². The summed E-state index contributed by atoms with van der Waals surface area (Å²) in [6, 6.07) is 7.40. The molecule has 0 fully saturated rings. The number of rotatable bonds is 3. The number of hydrogen-bond donors (Lipinski definition) is 0. The minimum Gasteiger partial charge on any atom is -0.423 e. The normalized spacial score (nSPS) is 10.1. The fraction of sp³-hybridized carbons (Fsp3) is 0.0909. The van der Waals surface area contributed by atoms with Crippen LogP contribution in [-0.4, -0.2) is 9.97 Å². The Morgan fingerprint density at radius 3 is 2.44 bits per heavy atom. The molecule has 0 unspecified atom stereocenters. The first-order valence-corrected chi connectivity index (χ1v) is 5.50. The fourth-order valence-corrected chi connectivity index (χ4v) is 1.40. The van der Waals surface area contributed by atoms with Crippen LogP contribution in [0.2, 0.25) is 5.02 Å². The highest BCUT2D eigenvalue weighted by Crippen LogP contribution is 2.26. The number of para-hydroxylation sites is 1. The second-order valence-electron chi connectivity index (χ2n) is 3.04. The summed E-state index contributed by atoms with van der Waals surface area (Å²) in [5, 5.41) is 0.521. The smallest absolute Gasteiger partial charge is 0.321 e. The van der Waals surface area contributed by atoms with E-state index in [0.717, 1.165) is 5.56 Å². The first kappa shape index (κ1) is 11.2. The number of benzene rings is 1. The molecule has 0 N–H and O–H groups in total. The largest absolute Gasteiger partial charge is 0.423 e. The quantitative estimate of drug-likeness (QED) is 0.785. The lowest BCUT2D eigenvalue weighted by Gasteiger charge is -2.04. The fourth-order valence-electron chi connectivity index (χ4n) is 1.09. The molecule has 0 radical (unpaired) electrons. The number of alkyl halides is 1. The average Bonchev–Trinajstić information content (AvgIpc) is 2.33. The zero-order valence-electron chi connectivity index (χ0n) is 8.23. The Morgan fingerprint density at radius 2 is 1.81 bits per heavy atom. The van der Waals surface area contributed by atoms with E-state index in [2.05, 4.69) is 9.97 Å². The molecule has 0 saturated heterocycles. The predicted octanol–water partition coefficient (Wildman–Crippen LogP) is 3.66. The van der Waals surface area contributed by atoms with Crippen molar-refractivity contribution in [2.45, 2.75) is 5.88 Å². The summed E-state index contributed by atoms with van der Waals surface area (Å²) in [5.41, 5.74) is 0.841. The molecule has 0 bridgehead atoms. The second-order valence-corrected chi connectivity index (χ2v) is 3.71. The number of ether oxygens (including phenoxy) is 1. The van der Waals surface area contributed by atoms with Gasteiger partial charge in [0.15, 0.2) is 0 Å². The molecule has 1 aromatic heterocycles. The van der Waals surface area contributed by atoms with Gasteiger partial charge in [-0.05, 0) is 12.1 Å². The number of nitrogens with zero attached hydrogens (tertiary/aromatic N) is 2. The summed E-state index contributed by atoms with van der Waals surface area (Å²) in [6.45, 7) is 0. The third-order valence-corrected chi connectivity index (χ3v) is 2.49. The molecule has 3 nitrogen and oxygen atoms in total. The van der Waals surface area contributed by atoms with E-state index in [1.807, 2.05) is 12.1 Å². The van der Waals surface area contributed by atoms with E-state index < -0.39 is 0 Å². The summed E-state index contributed by atoms with van der Waals surface area (Å²) in [4.78, 5) is 8.02. The molecule has 1 heterocycles. The van der Waals surface area contributed by atoms with Gasteiger partial charge in [-0.1, -0.05) is 23.7 Å². The molecule has 0 saturated carbocycles. The number of hydrogen-bond acceptors (Lipinski definition) is 3. The molecule has 0 aliphatic rings. The molecule has 2 rings (SSSR count). The SMILES string of the molecule is ClCc1cnc(Oc2ccccc2Cl)nc1. The molecule has 2 aromatic rings. The Bertz CT molecular complexity index is 474. The molecule has 82 valence electrons. The molecule has 0 amide bonds. The van der Waals surface area contributed by atoms with Crippen LogP contribution in [0.15, 0.2) is 36.7 Å². The third-order valence-electron chi connectivity index (χ3n) is 1.87. The lowest BCUT2D eigenvalue weighted by atomic mass is 10.3. The highest BCUT2D eigenvalue weighted by molar-refractivity contribution is 6.32. The van der Waals surface area contributed by atoms with Crippen LogP contribution in [0, 0.1) is 0 Å². The minimum atomic E-state index is 0.252. The van der Waals surface area contributed by atoms with Gasteiger partial charge in [0.25, 0.3) is 0 Å². The Morgan fingerprint density at radius 1 is 1.12 bits per heavy atom. The maximum absolute atomic E-state index is 5.93. The standard InChI is InChI=1S/C11H8Cl2N2O/c12-5-8-6-14-11(15-7-8)16-10-4-2-1-3-9(10)13/h1-4,6-7H,5H2. The van der Waals surface area contributed by atoms with Crippen LogP contribution < -0.4 is 4.74 Å². The van der Waals surface area contributed by atoms with Crippen molar-refractivity contribution in [3.05, 3.63) is 47.2 Å². The molecule has 16 heavy (non-hydrogen) atoms. The van der Waals surface area contributed by atoms with Gasteiger partial charge in [0.1, 0.15) is 5.75 Å². The molecule has 0 atom stereocenters. The lowest BCUT2D eigenvalue weighted by molar-refractivity contribution is 0.441. The van der Waals surface area contributed by atoms with Crippen LogP contribution in [0.4, 0.5) is 0 Å². The van der Waals surface area contributed by atoms with Gasteiger partial charge in [-0.3, -0.25) is 0 Å². The monoisotopic (exact) mass is 254 g/mol. The van der Waals surface area contributed by atoms with Crippen LogP contribution in [-0.2, 0) is 5.88 Å². The Balaban J connectivity index is 2.18. The topological polar surface area (TPSA) is 35.0 Å². The van der Waals surface area contributed by atoms with E-state index >= 15 is 0 Å². The first-order chi connectivity index (χ1) is 7.79. The highest BCUT2D eigenvalue weighted by Gasteiger charge is 2.03. The van der Waals surface area contributed by atoms with Crippen LogP contribution in [0.25, 0.3) is 0 Å². The third kappa shape index (κ3) is 2.62. The van der Waals surface area contributed by atoms with Crippen molar-refractivity contribution in [2.24, 2.45) is 0 Å². The number of aromatic nitrogens is 2. The Hall–Kier alpha value is -1.32. The highest BCUT2D eigenvalue weighted by atomic mass is 35.5. The molecule has 1 aromatic carbocycles. The summed E-state index contributed by atoms with van der Waals surface area (Å²) in [7, 11) is 0. The molecular formula is C11H8Cl2N2O. The Labute approximate surface area is 103 Å². The van der Waals surface area contributed by atoms with Gasteiger partial charge >= 0.3 is 6.01 Å². The zero-order valence-corrected chi connectivity index (χ0v) is 9.74. The van der Waals surface area contributed by atoms with Gasteiger partial charge < -0.3 is 4.74 Å². The summed E-state index contributed by atoms with van der Waals surface area (Å²) in [6.07, 6.45) is 3.23. The van der Waals surface area contributed by atoms with Crippen LogP contribution in [0.5, 0.6) is 11.8 Å². The second kappa shape index (κ2) is 5.14. The van der Waals surface area contributed by atoms with Crippen LogP contribution in [0.1, 0.15) is 5.56 Å². The zero-order chi connectivity index (χ0) is 11.4. The summed E-state index contributed by atoms with van der Waals surface area (Å²) < 4.78 is 5.41. The van der Waals surface area contributed by atoms with E-state index in [4.69, 9.17) is 27.9 Å². The molecule has 0 aliphatic carbocycles. The lowest BCUT2D eigenvalue weighted by Crippen LogP contribution is -1.93. The van der Waals surface area contributed by atoms with E-state index in [1.54, 1.807) is 24.5 Å². The van der Waals surface area contributed by atoms with Crippen molar-refractivity contribution in [1.82, 2.24) is 9.97 Å². The average molecular weight is 255 g/mol. The van der Waals surface area contributed by atoms with Crippen molar-refractivity contribution in [2.75, 3.05) is 0 Å². The van der Waals surface area contributed by atoms with Crippen molar-refractivity contribution in [1.29, 1.82) is 0 Å². The van der Waals surface area contributed by atoms with Gasteiger partial charge in [0.05, 0.1) is 10.9 Å². The maximum Gasteiger partial charge on any atom is 0.321 e. The predicted molar refractivity (Wildman–Crippen MR) is 63.1 cm³/mol. The summed E-state index contributed by atoms with van der Waals surface area (Å²) >= 11 is 11.6. The van der Waals surface area contributed by atoms with E-state index in [-0.39, 0.29) is 6.01 Å². The van der Waals surface area contributed by atoms with Gasteiger partial charge in [0, 0.05) is 18.0 Å². The summed E-state index contributed by atoms with van der Waals surface area (Å²) in [5.74, 6) is 0.912. The molecule has 5 heteroatoms. The first-order valence-electron chi connectivity index (χ1n) is 4.59. The molecular weight excluding hydrogens is 247 g/mol. The van der Waals surface area contributed by atoms with Gasteiger partial charge in [-0.25, -0.2) is 9.97 Å². The van der Waals surface area contributed by atoms with Crippen LogP contribution >= 0.6 is 23.2 Å². The van der Waals surface area contributed by atoms with E-state index in [9.17, 15) is 0 Å². The van der Waals surface area contributed by atoms with E-state index in [1.165, 1.54) is 0 Å².